The van der Waals surface area contributed by atoms with Crippen LogP contribution < -0.4 is 10.2 Å². The zero-order chi connectivity index (χ0) is 16.8. The van der Waals surface area contributed by atoms with Gasteiger partial charge >= 0.3 is 0 Å². The van der Waals surface area contributed by atoms with Crippen LogP contribution >= 0.6 is 11.6 Å². The molecule has 2 aromatic rings. The number of hydrogen-bond acceptors (Lipinski definition) is 2. The van der Waals surface area contributed by atoms with E-state index in [9.17, 15) is 4.79 Å². The number of benzene rings is 2. The van der Waals surface area contributed by atoms with E-state index < -0.39 is 0 Å². The number of nitrogens with one attached hydrogen (secondary N) is 1. The van der Waals surface area contributed by atoms with E-state index in [-0.39, 0.29) is 5.91 Å². The Morgan fingerprint density at radius 1 is 1.17 bits per heavy atom. The Labute approximate surface area is 147 Å². The molecule has 1 saturated heterocycles. The zero-order valence-corrected chi connectivity index (χ0v) is 14.2. The van der Waals surface area contributed by atoms with Gasteiger partial charge in [-0.25, -0.2) is 0 Å². The molecule has 124 valence electrons. The number of anilines is 1. The summed E-state index contributed by atoms with van der Waals surface area (Å²) in [5.41, 5.74) is 2.07. The van der Waals surface area contributed by atoms with Crippen LogP contribution in [0.25, 0.3) is 6.08 Å². The normalized spacial score (nSPS) is 17.4. The Morgan fingerprint density at radius 3 is 2.71 bits per heavy atom. The SMILES string of the molecule is O=C(/C=C/c1ccccc1Cl)NCC1CCCN1c1ccccc1. The van der Waals surface area contributed by atoms with Gasteiger partial charge in [0.25, 0.3) is 0 Å². The maximum absolute atomic E-state index is 12.1. The van der Waals surface area contributed by atoms with Crippen LogP contribution in [0.1, 0.15) is 18.4 Å². The molecular weight excluding hydrogens is 320 g/mol. The Morgan fingerprint density at radius 2 is 1.92 bits per heavy atom. The van der Waals surface area contributed by atoms with Crippen LogP contribution in [0.2, 0.25) is 5.02 Å². The molecular formula is C20H21ClN2O. The Kier molecular flexibility index (Phi) is 5.55. The number of rotatable bonds is 5. The molecule has 2 aromatic carbocycles. The third-order valence-electron chi connectivity index (χ3n) is 4.30. The number of halogens is 1. The molecule has 0 aromatic heterocycles. The minimum absolute atomic E-state index is 0.0881. The minimum atomic E-state index is -0.0881. The molecule has 3 nitrogen and oxygen atoms in total. The highest BCUT2D eigenvalue weighted by molar-refractivity contribution is 6.32. The highest BCUT2D eigenvalue weighted by Crippen LogP contribution is 2.24. The van der Waals surface area contributed by atoms with Gasteiger partial charge in [-0.05, 0) is 42.7 Å². The maximum atomic E-state index is 12.1. The fourth-order valence-electron chi connectivity index (χ4n) is 3.06. The quantitative estimate of drug-likeness (QED) is 0.830. The molecule has 1 heterocycles. The predicted octanol–water partition coefficient (Wildman–Crippen LogP) is 4.14. The van der Waals surface area contributed by atoms with Crippen molar-refractivity contribution >= 4 is 29.3 Å². The van der Waals surface area contributed by atoms with E-state index in [0.29, 0.717) is 17.6 Å². The van der Waals surface area contributed by atoms with Gasteiger partial charge in [-0.2, -0.15) is 0 Å². The van der Waals surface area contributed by atoms with Crippen LogP contribution in [0.15, 0.2) is 60.7 Å². The molecule has 0 saturated carbocycles. The lowest BCUT2D eigenvalue weighted by atomic mass is 10.2. The molecule has 0 bridgehead atoms. The van der Waals surface area contributed by atoms with Gasteiger partial charge in [0, 0.05) is 35.9 Å². The van der Waals surface area contributed by atoms with E-state index in [1.54, 1.807) is 12.2 Å². The zero-order valence-electron chi connectivity index (χ0n) is 13.5. The highest BCUT2D eigenvalue weighted by Gasteiger charge is 2.24. The van der Waals surface area contributed by atoms with E-state index in [0.717, 1.165) is 24.9 Å². The molecule has 1 aliphatic heterocycles. The lowest BCUT2D eigenvalue weighted by Gasteiger charge is -2.26. The number of para-hydroxylation sites is 1. The van der Waals surface area contributed by atoms with Crippen molar-refractivity contribution in [3.8, 4) is 0 Å². The summed E-state index contributed by atoms with van der Waals surface area (Å²) >= 11 is 6.09. The second-order valence-corrected chi connectivity index (χ2v) is 6.33. The number of carbonyl (C=O) groups is 1. The smallest absolute Gasteiger partial charge is 0.244 e. The van der Waals surface area contributed by atoms with Crippen molar-refractivity contribution in [3.63, 3.8) is 0 Å². The summed E-state index contributed by atoms with van der Waals surface area (Å²) < 4.78 is 0. The third kappa shape index (κ3) is 4.18. The van der Waals surface area contributed by atoms with Crippen molar-refractivity contribution in [1.82, 2.24) is 5.32 Å². The van der Waals surface area contributed by atoms with Gasteiger partial charge in [0.1, 0.15) is 0 Å². The molecule has 1 N–H and O–H groups in total. The average Bonchev–Trinajstić information content (AvgIpc) is 3.08. The van der Waals surface area contributed by atoms with Gasteiger partial charge in [-0.3, -0.25) is 4.79 Å². The van der Waals surface area contributed by atoms with Gasteiger partial charge in [0.05, 0.1) is 0 Å². The second kappa shape index (κ2) is 8.02. The summed E-state index contributed by atoms with van der Waals surface area (Å²) in [7, 11) is 0. The van der Waals surface area contributed by atoms with Crippen LogP contribution in [0.4, 0.5) is 5.69 Å². The largest absolute Gasteiger partial charge is 0.367 e. The topological polar surface area (TPSA) is 32.3 Å². The first-order valence-corrected chi connectivity index (χ1v) is 8.64. The molecule has 0 aliphatic carbocycles. The maximum Gasteiger partial charge on any atom is 0.244 e. The van der Waals surface area contributed by atoms with Gasteiger partial charge in [-0.15, -0.1) is 0 Å². The van der Waals surface area contributed by atoms with E-state index in [4.69, 9.17) is 11.6 Å². The minimum Gasteiger partial charge on any atom is -0.367 e. The van der Waals surface area contributed by atoms with Crippen molar-refractivity contribution in [2.75, 3.05) is 18.0 Å². The van der Waals surface area contributed by atoms with Crippen LogP contribution in [0.5, 0.6) is 0 Å². The van der Waals surface area contributed by atoms with Crippen molar-refractivity contribution in [1.29, 1.82) is 0 Å². The van der Waals surface area contributed by atoms with Crippen molar-refractivity contribution in [2.45, 2.75) is 18.9 Å². The summed E-state index contributed by atoms with van der Waals surface area (Å²) in [6.07, 6.45) is 5.55. The van der Waals surface area contributed by atoms with Gasteiger partial charge < -0.3 is 10.2 Å². The highest BCUT2D eigenvalue weighted by atomic mass is 35.5. The summed E-state index contributed by atoms with van der Waals surface area (Å²) in [5.74, 6) is -0.0881. The molecule has 3 rings (SSSR count). The van der Waals surface area contributed by atoms with E-state index >= 15 is 0 Å². The summed E-state index contributed by atoms with van der Waals surface area (Å²) in [5, 5.41) is 3.65. The number of amides is 1. The molecule has 24 heavy (non-hydrogen) atoms. The third-order valence-corrected chi connectivity index (χ3v) is 4.64. The van der Waals surface area contributed by atoms with Gasteiger partial charge in [-0.1, -0.05) is 48.0 Å². The predicted molar refractivity (Wildman–Crippen MR) is 100 cm³/mol. The number of hydrogen-bond donors (Lipinski definition) is 1. The van der Waals surface area contributed by atoms with Crippen molar-refractivity contribution in [3.05, 3.63) is 71.3 Å². The average molecular weight is 341 g/mol. The van der Waals surface area contributed by atoms with E-state index in [2.05, 4.69) is 34.5 Å². The van der Waals surface area contributed by atoms with Crippen molar-refractivity contribution in [2.24, 2.45) is 0 Å². The Hall–Kier alpha value is -2.26. The molecule has 1 aliphatic rings. The first-order valence-electron chi connectivity index (χ1n) is 8.26. The fourth-order valence-corrected chi connectivity index (χ4v) is 3.26. The van der Waals surface area contributed by atoms with Crippen LogP contribution in [-0.2, 0) is 4.79 Å². The molecule has 1 amide bonds. The Balaban J connectivity index is 1.55. The molecule has 1 unspecified atom stereocenters. The molecule has 0 radical (unpaired) electrons. The van der Waals surface area contributed by atoms with Crippen LogP contribution in [0, 0.1) is 0 Å². The molecule has 1 fully saturated rings. The lowest BCUT2D eigenvalue weighted by molar-refractivity contribution is -0.116. The second-order valence-electron chi connectivity index (χ2n) is 5.92. The van der Waals surface area contributed by atoms with Crippen molar-refractivity contribution < 1.29 is 4.79 Å². The van der Waals surface area contributed by atoms with E-state index in [1.807, 2.05) is 30.3 Å². The monoisotopic (exact) mass is 340 g/mol. The van der Waals surface area contributed by atoms with Gasteiger partial charge in [0.2, 0.25) is 5.91 Å². The summed E-state index contributed by atoms with van der Waals surface area (Å²) in [6, 6.07) is 18.2. The van der Waals surface area contributed by atoms with E-state index in [1.165, 1.54) is 5.69 Å². The first-order chi connectivity index (χ1) is 11.7. The first kappa shape index (κ1) is 16.6. The summed E-state index contributed by atoms with van der Waals surface area (Å²) in [6.45, 7) is 1.70. The lowest BCUT2D eigenvalue weighted by Crippen LogP contribution is -2.39. The number of carbonyl (C=O) groups excluding carboxylic acids is 1. The summed E-state index contributed by atoms with van der Waals surface area (Å²) in [4.78, 5) is 14.4. The molecule has 0 spiro atoms. The Bertz CT molecular complexity index is 715. The molecule has 1 atom stereocenters. The fraction of sp³-hybridized carbons (Fsp3) is 0.250. The van der Waals surface area contributed by atoms with Crippen LogP contribution in [0.3, 0.4) is 0 Å². The number of nitrogens with zero attached hydrogens (tertiary/aromatic N) is 1. The van der Waals surface area contributed by atoms with Gasteiger partial charge in [0.15, 0.2) is 0 Å². The molecule has 4 heteroatoms. The standard InChI is InChI=1S/C20H21ClN2O/c21-19-11-5-4-7-16(19)12-13-20(24)22-15-18-10-6-14-23(18)17-8-2-1-3-9-17/h1-5,7-9,11-13,18H,6,10,14-15H2,(H,22,24)/b13-12+. The van der Waals surface area contributed by atoms with Crippen LogP contribution in [-0.4, -0.2) is 25.0 Å².